The third-order valence-electron chi connectivity index (χ3n) is 3.29. The van der Waals surface area contributed by atoms with Crippen LogP contribution in [0.5, 0.6) is 0 Å². The van der Waals surface area contributed by atoms with E-state index in [-0.39, 0.29) is 12.5 Å². The Labute approximate surface area is 122 Å². The number of aliphatic hydroxyl groups is 2. The minimum atomic E-state index is -0.917. The molecule has 1 aromatic rings. The van der Waals surface area contributed by atoms with Crippen molar-refractivity contribution in [1.82, 2.24) is 5.32 Å². The second-order valence-electron chi connectivity index (χ2n) is 4.57. The highest BCUT2D eigenvalue weighted by Crippen LogP contribution is 2.30. The van der Waals surface area contributed by atoms with Gasteiger partial charge in [-0.1, -0.05) is 29.3 Å². The van der Waals surface area contributed by atoms with Crippen molar-refractivity contribution >= 4 is 23.2 Å². The topological polar surface area (TPSA) is 61.7 Å². The van der Waals surface area contributed by atoms with Gasteiger partial charge in [0, 0.05) is 19.0 Å². The van der Waals surface area contributed by atoms with Crippen LogP contribution in [0.15, 0.2) is 18.2 Å². The first-order chi connectivity index (χ1) is 9.13. The van der Waals surface area contributed by atoms with Crippen LogP contribution < -0.4 is 5.32 Å². The van der Waals surface area contributed by atoms with Crippen LogP contribution in [0.2, 0.25) is 10.0 Å². The van der Waals surface area contributed by atoms with Crippen LogP contribution in [0.25, 0.3) is 0 Å². The summed E-state index contributed by atoms with van der Waals surface area (Å²) < 4.78 is 5.64. The number of hydrogen-bond donors (Lipinski definition) is 3. The zero-order valence-electron chi connectivity index (χ0n) is 10.4. The number of benzene rings is 1. The van der Waals surface area contributed by atoms with Crippen LogP contribution in [-0.2, 0) is 4.74 Å². The Morgan fingerprint density at radius 1 is 1.37 bits per heavy atom. The Morgan fingerprint density at radius 2 is 2.16 bits per heavy atom. The van der Waals surface area contributed by atoms with E-state index >= 15 is 0 Å². The fourth-order valence-electron chi connectivity index (χ4n) is 2.29. The molecule has 0 spiro atoms. The average molecular weight is 306 g/mol. The molecule has 0 aliphatic carbocycles. The maximum absolute atomic E-state index is 9.90. The lowest BCUT2D eigenvalue weighted by molar-refractivity contribution is -0.0609. The molecule has 1 heterocycles. The highest BCUT2D eigenvalue weighted by Gasteiger charge is 2.31. The third kappa shape index (κ3) is 3.60. The normalized spacial score (nSPS) is 25.9. The molecule has 1 aliphatic heterocycles. The van der Waals surface area contributed by atoms with Gasteiger partial charge in [0.1, 0.15) is 6.10 Å². The number of halogens is 2. The van der Waals surface area contributed by atoms with E-state index < -0.39 is 12.2 Å². The van der Waals surface area contributed by atoms with Crippen molar-refractivity contribution in [3.63, 3.8) is 0 Å². The Balaban J connectivity index is 2.28. The van der Waals surface area contributed by atoms with Crippen molar-refractivity contribution in [2.24, 2.45) is 0 Å². The van der Waals surface area contributed by atoms with Crippen molar-refractivity contribution in [3.05, 3.63) is 33.8 Å². The first kappa shape index (κ1) is 15.0. The molecule has 4 nitrogen and oxygen atoms in total. The summed E-state index contributed by atoms with van der Waals surface area (Å²) in [5, 5.41) is 23.3. The lowest BCUT2D eigenvalue weighted by Crippen LogP contribution is -2.38. The average Bonchev–Trinajstić information content (AvgIpc) is 2.66. The van der Waals surface area contributed by atoms with Crippen LogP contribution in [0.3, 0.4) is 0 Å². The standard InChI is InChI=1S/C13H17Cl2NO3/c14-10-2-1-8(5-11(10)15)9-6-16-3-4-19-13(9)12(18)7-17/h1-2,5,9,12-13,16-18H,3-4,6-7H2/t9-,12-,13?/m0/s1. The fraction of sp³-hybridized carbons (Fsp3) is 0.538. The van der Waals surface area contributed by atoms with Crippen LogP contribution >= 0.6 is 23.2 Å². The first-order valence-electron chi connectivity index (χ1n) is 6.19. The number of aliphatic hydroxyl groups excluding tert-OH is 2. The minimum absolute atomic E-state index is 0.0839. The van der Waals surface area contributed by atoms with Crippen LogP contribution in [0.1, 0.15) is 11.5 Å². The first-order valence-corrected chi connectivity index (χ1v) is 6.95. The fourth-order valence-corrected chi connectivity index (χ4v) is 2.60. The third-order valence-corrected chi connectivity index (χ3v) is 4.03. The van der Waals surface area contributed by atoms with Gasteiger partial charge in [0.05, 0.1) is 29.4 Å². The smallest absolute Gasteiger partial charge is 0.104 e. The van der Waals surface area contributed by atoms with Gasteiger partial charge in [0.25, 0.3) is 0 Å². The zero-order valence-corrected chi connectivity index (χ0v) is 11.9. The summed E-state index contributed by atoms with van der Waals surface area (Å²) in [6.45, 7) is 1.54. The van der Waals surface area contributed by atoms with E-state index in [0.717, 1.165) is 5.56 Å². The highest BCUT2D eigenvalue weighted by atomic mass is 35.5. The molecule has 2 rings (SSSR count). The van der Waals surface area contributed by atoms with Gasteiger partial charge in [-0.3, -0.25) is 0 Å². The van der Waals surface area contributed by atoms with Gasteiger partial charge < -0.3 is 20.3 Å². The van der Waals surface area contributed by atoms with E-state index in [1.807, 2.05) is 6.07 Å². The summed E-state index contributed by atoms with van der Waals surface area (Å²) in [6.07, 6.45) is -1.38. The van der Waals surface area contributed by atoms with Gasteiger partial charge >= 0.3 is 0 Å². The molecular weight excluding hydrogens is 289 g/mol. The number of ether oxygens (including phenoxy) is 1. The Kier molecular flexibility index (Phi) is 5.45. The van der Waals surface area contributed by atoms with Gasteiger partial charge in [0.2, 0.25) is 0 Å². The van der Waals surface area contributed by atoms with Gasteiger partial charge in [-0.2, -0.15) is 0 Å². The van der Waals surface area contributed by atoms with E-state index in [1.54, 1.807) is 12.1 Å². The van der Waals surface area contributed by atoms with Crippen LogP contribution in [0.4, 0.5) is 0 Å². The second-order valence-corrected chi connectivity index (χ2v) is 5.38. The highest BCUT2D eigenvalue weighted by molar-refractivity contribution is 6.42. The number of rotatable bonds is 3. The van der Waals surface area contributed by atoms with E-state index in [4.69, 9.17) is 33.0 Å². The summed E-state index contributed by atoms with van der Waals surface area (Å²) in [4.78, 5) is 0. The molecule has 3 atom stereocenters. The van der Waals surface area contributed by atoms with Crippen LogP contribution in [0, 0.1) is 0 Å². The van der Waals surface area contributed by atoms with E-state index in [2.05, 4.69) is 5.32 Å². The second kappa shape index (κ2) is 6.88. The molecule has 106 valence electrons. The Hall–Kier alpha value is -0.360. The molecule has 0 aromatic heterocycles. The van der Waals surface area contributed by atoms with E-state index in [1.165, 1.54) is 0 Å². The maximum atomic E-state index is 9.90. The van der Waals surface area contributed by atoms with Crippen molar-refractivity contribution < 1.29 is 14.9 Å². The van der Waals surface area contributed by atoms with Crippen molar-refractivity contribution in [2.45, 2.75) is 18.1 Å². The summed E-state index contributed by atoms with van der Waals surface area (Å²) in [6, 6.07) is 5.38. The summed E-state index contributed by atoms with van der Waals surface area (Å²) in [7, 11) is 0. The predicted octanol–water partition coefficient (Wildman–Crippen LogP) is 1.42. The van der Waals surface area contributed by atoms with Crippen molar-refractivity contribution in [3.8, 4) is 0 Å². The molecule has 6 heteroatoms. The van der Waals surface area contributed by atoms with E-state index in [9.17, 15) is 5.11 Å². The molecule has 0 saturated carbocycles. The van der Waals surface area contributed by atoms with E-state index in [0.29, 0.717) is 29.7 Å². The quantitative estimate of drug-likeness (QED) is 0.790. The molecule has 3 N–H and O–H groups in total. The lowest BCUT2D eigenvalue weighted by atomic mass is 9.90. The molecule has 19 heavy (non-hydrogen) atoms. The maximum Gasteiger partial charge on any atom is 0.104 e. The minimum Gasteiger partial charge on any atom is -0.394 e. The van der Waals surface area contributed by atoms with Gasteiger partial charge in [-0.05, 0) is 17.7 Å². The molecule has 0 radical (unpaired) electrons. The van der Waals surface area contributed by atoms with Crippen molar-refractivity contribution in [1.29, 1.82) is 0 Å². The molecule has 1 fully saturated rings. The van der Waals surface area contributed by atoms with Crippen molar-refractivity contribution in [2.75, 3.05) is 26.3 Å². The molecule has 1 aromatic carbocycles. The summed E-state index contributed by atoms with van der Waals surface area (Å²) in [5.74, 6) is -0.0839. The monoisotopic (exact) mass is 305 g/mol. The molecule has 0 amide bonds. The number of nitrogens with one attached hydrogen (secondary N) is 1. The zero-order chi connectivity index (χ0) is 13.8. The Morgan fingerprint density at radius 3 is 2.84 bits per heavy atom. The SMILES string of the molecule is OC[C@H](O)C1OCCNC[C@H]1c1ccc(Cl)c(Cl)c1. The summed E-state index contributed by atoms with van der Waals surface area (Å²) in [5.41, 5.74) is 0.932. The Bertz CT molecular complexity index is 430. The van der Waals surface area contributed by atoms with Gasteiger partial charge in [-0.15, -0.1) is 0 Å². The largest absolute Gasteiger partial charge is 0.394 e. The molecule has 1 saturated heterocycles. The summed E-state index contributed by atoms with van der Waals surface area (Å²) >= 11 is 11.9. The van der Waals surface area contributed by atoms with Gasteiger partial charge in [0.15, 0.2) is 0 Å². The number of hydrogen-bond acceptors (Lipinski definition) is 4. The molecule has 0 bridgehead atoms. The lowest BCUT2D eigenvalue weighted by Gasteiger charge is -2.28. The molecule has 1 aliphatic rings. The van der Waals surface area contributed by atoms with Gasteiger partial charge in [-0.25, -0.2) is 0 Å². The molecular formula is C13H17Cl2NO3. The van der Waals surface area contributed by atoms with Crippen LogP contribution in [-0.4, -0.2) is 48.7 Å². The molecule has 1 unspecified atom stereocenters. The predicted molar refractivity (Wildman–Crippen MR) is 74.9 cm³/mol.